The predicted molar refractivity (Wildman–Crippen MR) is 94.1 cm³/mol. The van der Waals surface area contributed by atoms with Crippen molar-refractivity contribution in [3.8, 4) is 0 Å². The van der Waals surface area contributed by atoms with Gasteiger partial charge >= 0.3 is 5.97 Å². The largest absolute Gasteiger partial charge is 0.369 e. The van der Waals surface area contributed by atoms with Gasteiger partial charge in [-0.1, -0.05) is 30.3 Å². The van der Waals surface area contributed by atoms with Crippen LogP contribution in [0, 0.1) is 29.1 Å². The third kappa shape index (κ3) is 4.92. The molecule has 2 aromatic rings. The van der Waals surface area contributed by atoms with Crippen LogP contribution in [0.3, 0.4) is 0 Å². The van der Waals surface area contributed by atoms with Crippen molar-refractivity contribution in [2.75, 3.05) is 7.05 Å². The quantitative estimate of drug-likeness (QED) is 0.286. The lowest BCUT2D eigenvalue weighted by Crippen LogP contribution is -2.31. The third-order valence-electron chi connectivity index (χ3n) is 3.88. The SMILES string of the molecule is C=C(CCC(=O)N(C)OC(=O)c1c(F)c(F)c(F)c(F)c1F)c1ccc(Cl)cc1. The molecule has 0 unspecified atom stereocenters. The number of rotatable bonds is 5. The second-order valence-corrected chi connectivity index (χ2v) is 6.26. The van der Waals surface area contributed by atoms with E-state index in [9.17, 15) is 31.5 Å². The molecule has 1 amide bonds. The molecular formula is C19H13ClF5NO3. The van der Waals surface area contributed by atoms with E-state index in [1.165, 1.54) is 0 Å². The first-order chi connectivity index (χ1) is 13.5. The summed E-state index contributed by atoms with van der Waals surface area (Å²) in [5.74, 6) is -14.4. The van der Waals surface area contributed by atoms with Gasteiger partial charge < -0.3 is 4.84 Å². The van der Waals surface area contributed by atoms with Gasteiger partial charge in [0.15, 0.2) is 23.3 Å². The first-order valence-corrected chi connectivity index (χ1v) is 8.36. The van der Waals surface area contributed by atoms with Gasteiger partial charge in [0, 0.05) is 18.5 Å². The Labute approximate surface area is 167 Å². The van der Waals surface area contributed by atoms with Gasteiger partial charge in [-0.15, -0.1) is 0 Å². The van der Waals surface area contributed by atoms with E-state index in [1.807, 2.05) is 0 Å². The van der Waals surface area contributed by atoms with Crippen molar-refractivity contribution in [3.05, 3.63) is 76.1 Å². The van der Waals surface area contributed by atoms with Gasteiger partial charge in [-0.25, -0.2) is 26.7 Å². The van der Waals surface area contributed by atoms with Crippen LogP contribution in [0.5, 0.6) is 0 Å². The van der Waals surface area contributed by atoms with Crippen LogP contribution < -0.4 is 0 Å². The highest BCUT2D eigenvalue weighted by molar-refractivity contribution is 6.30. The molecule has 0 saturated heterocycles. The molecule has 0 aromatic heterocycles. The maximum atomic E-state index is 13.6. The molecule has 0 fully saturated rings. The summed E-state index contributed by atoms with van der Waals surface area (Å²) in [6, 6.07) is 6.62. The second kappa shape index (κ2) is 9.04. The van der Waals surface area contributed by atoms with E-state index in [4.69, 9.17) is 11.6 Å². The van der Waals surface area contributed by atoms with E-state index >= 15 is 0 Å². The maximum absolute atomic E-state index is 13.6. The van der Waals surface area contributed by atoms with Crippen molar-refractivity contribution in [3.63, 3.8) is 0 Å². The average molecular weight is 434 g/mol. The Bertz CT molecular complexity index is 950. The van der Waals surface area contributed by atoms with Gasteiger partial charge in [-0.2, -0.15) is 5.06 Å². The number of hydroxylamine groups is 2. The number of carbonyl (C=O) groups is 2. The standard InChI is InChI=1S/C19H13ClF5NO3/c1-9(10-4-6-11(20)7-5-10)3-8-12(27)26(2)29-19(28)13-14(21)16(23)18(25)17(24)15(13)22/h4-7H,1,3,8H2,2H3. The zero-order chi connectivity index (χ0) is 21.9. The highest BCUT2D eigenvalue weighted by Gasteiger charge is 2.32. The molecule has 0 atom stereocenters. The summed E-state index contributed by atoms with van der Waals surface area (Å²) in [5, 5.41) is 0.854. The molecule has 2 rings (SSSR count). The highest BCUT2D eigenvalue weighted by Crippen LogP contribution is 2.24. The summed E-state index contributed by atoms with van der Waals surface area (Å²) in [6.45, 7) is 3.81. The minimum Gasteiger partial charge on any atom is -0.333 e. The number of halogens is 6. The molecule has 0 aliphatic heterocycles. The number of allylic oxidation sites excluding steroid dienone is 1. The van der Waals surface area contributed by atoms with Crippen molar-refractivity contribution >= 4 is 29.1 Å². The van der Waals surface area contributed by atoms with E-state index in [-0.39, 0.29) is 12.8 Å². The Kier molecular flexibility index (Phi) is 6.97. The van der Waals surface area contributed by atoms with Gasteiger partial charge in [0.1, 0.15) is 5.56 Å². The zero-order valence-corrected chi connectivity index (χ0v) is 15.6. The molecule has 0 aliphatic carbocycles. The normalized spacial score (nSPS) is 10.6. The molecule has 0 bridgehead atoms. The number of carbonyl (C=O) groups excluding carboxylic acids is 2. The van der Waals surface area contributed by atoms with Gasteiger partial charge in [0.25, 0.3) is 5.91 Å². The van der Waals surface area contributed by atoms with Crippen LogP contribution in [0.15, 0.2) is 30.8 Å². The number of hydrogen-bond donors (Lipinski definition) is 0. The van der Waals surface area contributed by atoms with Crippen LogP contribution in [0.1, 0.15) is 28.8 Å². The maximum Gasteiger partial charge on any atom is 0.369 e. The molecule has 0 N–H and O–H groups in total. The number of nitrogens with zero attached hydrogens (tertiary/aromatic N) is 1. The number of benzene rings is 2. The van der Waals surface area contributed by atoms with Crippen LogP contribution in [0.25, 0.3) is 5.57 Å². The van der Waals surface area contributed by atoms with Crippen molar-refractivity contribution in [2.45, 2.75) is 12.8 Å². The minimum absolute atomic E-state index is 0.144. The van der Waals surface area contributed by atoms with E-state index < -0.39 is 46.5 Å². The topological polar surface area (TPSA) is 46.6 Å². The summed E-state index contributed by atoms with van der Waals surface area (Å²) >= 11 is 5.77. The number of hydrogen-bond acceptors (Lipinski definition) is 3. The Morgan fingerprint density at radius 2 is 1.41 bits per heavy atom. The second-order valence-electron chi connectivity index (χ2n) is 5.83. The summed E-state index contributed by atoms with van der Waals surface area (Å²) < 4.78 is 66.7. The first-order valence-electron chi connectivity index (χ1n) is 7.98. The van der Waals surface area contributed by atoms with Crippen LogP contribution in [0.2, 0.25) is 5.02 Å². The van der Waals surface area contributed by atoms with Crippen molar-refractivity contribution in [1.82, 2.24) is 5.06 Å². The molecule has 4 nitrogen and oxygen atoms in total. The minimum atomic E-state index is -2.42. The lowest BCUT2D eigenvalue weighted by atomic mass is 10.0. The molecule has 10 heteroatoms. The molecule has 2 aromatic carbocycles. The zero-order valence-electron chi connectivity index (χ0n) is 14.9. The average Bonchev–Trinajstić information content (AvgIpc) is 2.69. The van der Waals surface area contributed by atoms with Crippen LogP contribution in [-0.4, -0.2) is 24.0 Å². The Balaban J connectivity index is 2.03. The molecule has 0 saturated carbocycles. The van der Waals surface area contributed by atoms with Gasteiger partial charge in [-0.3, -0.25) is 4.79 Å². The van der Waals surface area contributed by atoms with Crippen LogP contribution >= 0.6 is 11.6 Å². The van der Waals surface area contributed by atoms with Crippen molar-refractivity contribution in [2.24, 2.45) is 0 Å². The fourth-order valence-corrected chi connectivity index (χ4v) is 2.38. The molecule has 0 spiro atoms. The van der Waals surface area contributed by atoms with Gasteiger partial charge in [0.2, 0.25) is 5.82 Å². The van der Waals surface area contributed by atoms with E-state index in [1.54, 1.807) is 24.3 Å². The monoisotopic (exact) mass is 433 g/mol. The van der Waals surface area contributed by atoms with E-state index in [0.29, 0.717) is 21.2 Å². The van der Waals surface area contributed by atoms with Gasteiger partial charge in [0.05, 0.1) is 0 Å². The fourth-order valence-electron chi connectivity index (χ4n) is 2.25. The lowest BCUT2D eigenvalue weighted by Gasteiger charge is -2.17. The Morgan fingerprint density at radius 1 is 0.931 bits per heavy atom. The van der Waals surface area contributed by atoms with E-state index in [2.05, 4.69) is 11.4 Å². The summed E-state index contributed by atoms with van der Waals surface area (Å²) in [6.07, 6.45) is -0.0623. The van der Waals surface area contributed by atoms with Crippen LogP contribution in [-0.2, 0) is 9.63 Å². The predicted octanol–water partition coefficient (Wildman–Crippen LogP) is 5.06. The first kappa shape index (κ1) is 22.4. The smallest absolute Gasteiger partial charge is 0.333 e. The Hall–Kier alpha value is -2.94. The highest BCUT2D eigenvalue weighted by atomic mass is 35.5. The fraction of sp³-hybridized carbons (Fsp3) is 0.158. The van der Waals surface area contributed by atoms with Crippen LogP contribution in [0.4, 0.5) is 22.0 Å². The lowest BCUT2D eigenvalue weighted by molar-refractivity contribution is -0.161. The molecule has 0 aliphatic rings. The van der Waals surface area contributed by atoms with Crippen molar-refractivity contribution in [1.29, 1.82) is 0 Å². The summed E-state index contributed by atoms with van der Waals surface area (Å²) in [4.78, 5) is 28.3. The van der Waals surface area contributed by atoms with Crippen molar-refractivity contribution < 1.29 is 36.4 Å². The molecule has 0 radical (unpaired) electrons. The van der Waals surface area contributed by atoms with E-state index in [0.717, 1.165) is 7.05 Å². The van der Waals surface area contributed by atoms with Gasteiger partial charge in [-0.05, 0) is 29.7 Å². The Morgan fingerprint density at radius 3 is 1.93 bits per heavy atom. The molecular weight excluding hydrogens is 421 g/mol. The molecule has 154 valence electrons. The molecule has 0 heterocycles. The summed E-state index contributed by atoms with van der Waals surface area (Å²) in [5.41, 5.74) is -0.524. The third-order valence-corrected chi connectivity index (χ3v) is 4.13. The molecule has 29 heavy (non-hydrogen) atoms. The number of amides is 1. The summed E-state index contributed by atoms with van der Waals surface area (Å²) in [7, 11) is 0.956.